The van der Waals surface area contributed by atoms with Gasteiger partial charge < -0.3 is 4.90 Å². The molecule has 0 aromatic heterocycles. The Hall–Kier alpha value is -1.30. The molecular formula is C11H8ClF4NO. The fourth-order valence-corrected chi connectivity index (χ4v) is 2.17. The smallest absolute Gasteiger partial charge is 0.308 e. The van der Waals surface area contributed by atoms with Crippen LogP contribution >= 0.6 is 11.6 Å². The summed E-state index contributed by atoms with van der Waals surface area (Å²) in [7, 11) is 0. The summed E-state index contributed by atoms with van der Waals surface area (Å²) in [6.07, 6.45) is -4.81. The van der Waals surface area contributed by atoms with E-state index in [1.165, 1.54) is 0 Å². The summed E-state index contributed by atoms with van der Waals surface area (Å²) in [4.78, 5) is 12.3. The van der Waals surface area contributed by atoms with E-state index < -0.39 is 34.5 Å². The van der Waals surface area contributed by atoms with Crippen molar-refractivity contribution in [1.29, 1.82) is 0 Å². The molecule has 0 bridgehead atoms. The number of benzene rings is 1. The number of nitrogens with zero attached hydrogens (tertiary/aromatic N) is 1. The van der Waals surface area contributed by atoms with Crippen molar-refractivity contribution >= 4 is 23.2 Å². The van der Waals surface area contributed by atoms with E-state index in [1.807, 2.05) is 0 Å². The van der Waals surface area contributed by atoms with Crippen molar-refractivity contribution in [2.24, 2.45) is 0 Å². The van der Waals surface area contributed by atoms with Crippen molar-refractivity contribution in [2.45, 2.75) is 18.0 Å². The van der Waals surface area contributed by atoms with E-state index in [1.54, 1.807) is 0 Å². The van der Waals surface area contributed by atoms with Crippen LogP contribution in [0.5, 0.6) is 0 Å². The first-order chi connectivity index (χ1) is 8.30. The summed E-state index contributed by atoms with van der Waals surface area (Å²) >= 11 is 5.70. The van der Waals surface area contributed by atoms with Crippen molar-refractivity contribution in [2.75, 3.05) is 11.4 Å². The van der Waals surface area contributed by atoms with Crippen molar-refractivity contribution < 1.29 is 22.4 Å². The molecule has 1 amide bonds. The number of rotatable bonds is 1. The van der Waals surface area contributed by atoms with Crippen molar-refractivity contribution in [3.63, 3.8) is 0 Å². The lowest BCUT2D eigenvalue weighted by Gasteiger charge is -2.21. The molecule has 1 atom stereocenters. The van der Waals surface area contributed by atoms with Crippen LogP contribution in [0.15, 0.2) is 18.2 Å². The van der Waals surface area contributed by atoms with Crippen molar-refractivity contribution in [3.8, 4) is 0 Å². The summed E-state index contributed by atoms with van der Waals surface area (Å²) in [5.41, 5.74) is -1.90. The minimum atomic E-state index is -4.72. The molecule has 1 aliphatic rings. The number of halogens is 5. The molecule has 0 aliphatic carbocycles. The normalized spacial score (nSPS) is 20.6. The topological polar surface area (TPSA) is 20.3 Å². The third kappa shape index (κ3) is 2.29. The van der Waals surface area contributed by atoms with Gasteiger partial charge in [0.05, 0.1) is 16.6 Å². The maximum absolute atomic E-state index is 13.6. The summed E-state index contributed by atoms with van der Waals surface area (Å²) in [5, 5.41) is -0.599. The molecule has 0 N–H and O–H groups in total. The number of carbonyl (C=O) groups excluding carboxylic acids is 1. The zero-order chi connectivity index (χ0) is 13.5. The molecule has 1 unspecified atom stereocenters. The molecule has 1 saturated heterocycles. The summed E-state index contributed by atoms with van der Waals surface area (Å²) < 4.78 is 51.9. The van der Waals surface area contributed by atoms with Crippen LogP contribution in [0.4, 0.5) is 23.2 Å². The summed E-state index contributed by atoms with van der Waals surface area (Å²) in [6, 6.07) is 2.59. The van der Waals surface area contributed by atoms with E-state index >= 15 is 0 Å². The number of anilines is 1. The van der Waals surface area contributed by atoms with Gasteiger partial charge in [0, 0.05) is 13.0 Å². The van der Waals surface area contributed by atoms with Gasteiger partial charge in [0.2, 0.25) is 5.91 Å². The Morgan fingerprint density at radius 3 is 2.50 bits per heavy atom. The monoisotopic (exact) mass is 281 g/mol. The SMILES string of the molecule is O=C1CC(Cl)CN1c1c(F)cccc1C(F)(F)F. The molecule has 0 radical (unpaired) electrons. The molecule has 18 heavy (non-hydrogen) atoms. The van der Waals surface area contributed by atoms with Crippen LogP contribution in [0.2, 0.25) is 0 Å². The van der Waals surface area contributed by atoms with E-state index in [9.17, 15) is 22.4 Å². The Morgan fingerprint density at radius 1 is 1.33 bits per heavy atom. The van der Waals surface area contributed by atoms with Crippen molar-refractivity contribution in [3.05, 3.63) is 29.6 Å². The molecule has 1 fully saturated rings. The van der Waals surface area contributed by atoms with Crippen LogP contribution in [-0.4, -0.2) is 17.8 Å². The van der Waals surface area contributed by atoms with Crippen LogP contribution in [0.25, 0.3) is 0 Å². The van der Waals surface area contributed by atoms with Crippen LogP contribution in [0.1, 0.15) is 12.0 Å². The minimum Gasteiger partial charge on any atom is -0.308 e. The lowest BCUT2D eigenvalue weighted by Crippen LogP contribution is -2.28. The molecule has 2 nitrogen and oxygen atoms in total. The Bertz CT molecular complexity index is 488. The lowest BCUT2D eigenvalue weighted by molar-refractivity contribution is -0.137. The third-order valence-electron chi connectivity index (χ3n) is 2.64. The minimum absolute atomic E-state index is 0.0901. The molecule has 1 aromatic carbocycles. The highest BCUT2D eigenvalue weighted by Gasteiger charge is 2.40. The fourth-order valence-electron chi connectivity index (χ4n) is 1.90. The number of para-hydroxylation sites is 1. The maximum Gasteiger partial charge on any atom is 0.418 e. The van der Waals surface area contributed by atoms with Gasteiger partial charge in [0.15, 0.2) is 0 Å². The highest BCUT2D eigenvalue weighted by Crippen LogP contribution is 2.39. The molecule has 98 valence electrons. The highest BCUT2D eigenvalue weighted by atomic mass is 35.5. The lowest BCUT2D eigenvalue weighted by atomic mass is 10.1. The second kappa shape index (κ2) is 4.42. The maximum atomic E-state index is 13.6. The molecule has 7 heteroatoms. The van der Waals surface area contributed by atoms with Gasteiger partial charge in [-0.25, -0.2) is 4.39 Å². The van der Waals surface area contributed by atoms with Gasteiger partial charge in [-0.2, -0.15) is 13.2 Å². The van der Waals surface area contributed by atoms with E-state index in [0.717, 1.165) is 23.1 Å². The Balaban J connectivity index is 2.53. The van der Waals surface area contributed by atoms with Gasteiger partial charge in [-0.1, -0.05) is 6.07 Å². The van der Waals surface area contributed by atoms with Crippen LogP contribution in [0, 0.1) is 5.82 Å². The Morgan fingerprint density at radius 2 is 2.00 bits per heavy atom. The van der Waals surface area contributed by atoms with E-state index in [2.05, 4.69) is 0 Å². The molecular weight excluding hydrogens is 274 g/mol. The first-order valence-electron chi connectivity index (χ1n) is 5.11. The van der Waals surface area contributed by atoms with Gasteiger partial charge >= 0.3 is 6.18 Å². The zero-order valence-electron chi connectivity index (χ0n) is 8.97. The molecule has 1 aromatic rings. The van der Waals surface area contributed by atoms with Gasteiger partial charge in [-0.05, 0) is 12.1 Å². The predicted octanol–water partition coefficient (Wildman–Crippen LogP) is 3.19. The summed E-state index contributed by atoms with van der Waals surface area (Å²) in [5.74, 6) is -1.69. The van der Waals surface area contributed by atoms with Crippen LogP contribution < -0.4 is 4.90 Å². The Labute approximate surface area is 105 Å². The van der Waals surface area contributed by atoms with Gasteiger partial charge in [-0.15, -0.1) is 11.6 Å². The number of alkyl halides is 4. The fraction of sp³-hybridized carbons (Fsp3) is 0.364. The number of carbonyl (C=O) groups is 1. The van der Waals surface area contributed by atoms with Crippen molar-refractivity contribution in [1.82, 2.24) is 0 Å². The predicted molar refractivity (Wildman–Crippen MR) is 58.0 cm³/mol. The van der Waals surface area contributed by atoms with E-state index in [-0.39, 0.29) is 13.0 Å². The standard InChI is InChI=1S/C11H8ClF4NO/c12-6-4-9(18)17(5-6)10-7(11(14,15)16)2-1-3-8(10)13/h1-3,6H,4-5H2. The second-order valence-electron chi connectivity index (χ2n) is 3.94. The number of amides is 1. The third-order valence-corrected chi connectivity index (χ3v) is 2.93. The van der Waals surface area contributed by atoms with Gasteiger partial charge in [0.25, 0.3) is 0 Å². The average Bonchev–Trinajstić information content (AvgIpc) is 2.56. The molecule has 1 heterocycles. The zero-order valence-corrected chi connectivity index (χ0v) is 9.72. The average molecular weight is 282 g/mol. The van der Waals surface area contributed by atoms with Gasteiger partial charge in [0.1, 0.15) is 5.82 Å². The summed E-state index contributed by atoms with van der Waals surface area (Å²) in [6.45, 7) is -0.121. The molecule has 2 rings (SSSR count). The quantitative estimate of drug-likeness (QED) is 0.572. The van der Waals surface area contributed by atoms with E-state index in [4.69, 9.17) is 11.6 Å². The highest BCUT2D eigenvalue weighted by molar-refractivity contribution is 6.24. The second-order valence-corrected chi connectivity index (χ2v) is 4.56. The number of hydrogen-bond acceptors (Lipinski definition) is 1. The molecule has 1 aliphatic heterocycles. The van der Waals surface area contributed by atoms with Crippen LogP contribution in [0.3, 0.4) is 0 Å². The largest absolute Gasteiger partial charge is 0.418 e. The Kier molecular flexibility index (Phi) is 3.23. The molecule has 0 spiro atoms. The molecule has 0 saturated carbocycles. The van der Waals surface area contributed by atoms with Crippen LogP contribution in [-0.2, 0) is 11.0 Å². The van der Waals surface area contributed by atoms with E-state index in [0.29, 0.717) is 0 Å². The first kappa shape index (κ1) is 13.1. The number of hydrogen-bond donors (Lipinski definition) is 0. The van der Waals surface area contributed by atoms with Gasteiger partial charge in [-0.3, -0.25) is 4.79 Å². The first-order valence-corrected chi connectivity index (χ1v) is 5.54.